The van der Waals surface area contributed by atoms with Crippen molar-refractivity contribution in [3.8, 4) is 33.4 Å². The molecule has 0 radical (unpaired) electrons. The van der Waals surface area contributed by atoms with E-state index in [1.165, 1.54) is 90.2 Å². The van der Waals surface area contributed by atoms with Gasteiger partial charge >= 0.3 is 0 Å². The molecule has 0 fully saturated rings. The van der Waals surface area contributed by atoms with Crippen molar-refractivity contribution in [2.24, 2.45) is 0 Å². The maximum Gasteiger partial charge on any atom is 0.0718 e. The van der Waals surface area contributed by atoms with Crippen LogP contribution in [0.25, 0.3) is 84.5 Å². The molecule has 0 N–H and O–H groups in total. The second-order valence-corrected chi connectivity index (χ2v) is 16.2. The number of fused-ring (bicyclic) bond motifs is 7. The molecule has 11 rings (SSSR count). The molecule has 0 amide bonds. The van der Waals surface area contributed by atoms with Crippen LogP contribution in [0.4, 0.5) is 17.1 Å². The maximum absolute atomic E-state index is 2.48. The first-order valence-electron chi connectivity index (χ1n) is 18.7. The highest BCUT2D eigenvalue weighted by molar-refractivity contribution is 7.26. The van der Waals surface area contributed by atoms with Crippen molar-refractivity contribution >= 4 is 90.9 Å². The molecule has 0 aliphatic carbocycles. The van der Waals surface area contributed by atoms with Gasteiger partial charge in [0.1, 0.15) is 0 Å². The van der Waals surface area contributed by atoms with Crippen LogP contribution < -0.4 is 4.90 Å². The van der Waals surface area contributed by atoms with Gasteiger partial charge < -0.3 is 4.90 Å². The van der Waals surface area contributed by atoms with Gasteiger partial charge in [-0.2, -0.15) is 0 Å². The molecule has 2 aromatic heterocycles. The lowest BCUT2D eigenvalue weighted by Crippen LogP contribution is -2.11. The summed E-state index contributed by atoms with van der Waals surface area (Å²) in [5.41, 5.74) is 10.7. The lowest BCUT2D eigenvalue weighted by molar-refractivity contribution is 1.30. The predicted octanol–water partition coefficient (Wildman–Crippen LogP) is 16.0. The Kier molecular flexibility index (Phi) is 7.61. The van der Waals surface area contributed by atoms with E-state index in [-0.39, 0.29) is 0 Å². The van der Waals surface area contributed by atoms with Crippen LogP contribution >= 0.6 is 22.7 Å². The molecule has 0 unspecified atom stereocenters. The normalized spacial score (nSPS) is 11.6. The molecule has 1 nitrogen and oxygen atoms in total. The van der Waals surface area contributed by atoms with E-state index in [0.29, 0.717) is 0 Å². The number of benzene rings is 9. The van der Waals surface area contributed by atoms with Crippen LogP contribution in [0.15, 0.2) is 200 Å². The number of hydrogen-bond donors (Lipinski definition) is 0. The standard InChI is InChI=1S/C52H33NS2/c1-2-12-36(13-3-1)43-31-32-45-44-15-6-8-18-47(44)55-52(45)51(43)53(40-27-23-35(24-28-40)39-22-21-34-11-4-5-14-38(34)33-39)41-29-25-37(26-30-41)42-17-10-20-49-50(42)46-16-7-9-19-48(46)54-49/h1-33H. The molecule has 0 bridgehead atoms. The first kappa shape index (κ1) is 32.0. The minimum Gasteiger partial charge on any atom is -0.308 e. The van der Waals surface area contributed by atoms with Crippen LogP contribution in [0.3, 0.4) is 0 Å². The summed E-state index contributed by atoms with van der Waals surface area (Å²) < 4.78 is 5.21. The maximum atomic E-state index is 2.48. The number of thiophene rings is 2. The van der Waals surface area contributed by atoms with E-state index in [2.05, 4.69) is 205 Å². The Labute approximate surface area is 327 Å². The van der Waals surface area contributed by atoms with Crippen molar-refractivity contribution < 1.29 is 0 Å². The van der Waals surface area contributed by atoms with E-state index >= 15 is 0 Å². The quantitative estimate of drug-likeness (QED) is 0.164. The highest BCUT2D eigenvalue weighted by atomic mass is 32.1. The molecule has 11 aromatic rings. The van der Waals surface area contributed by atoms with Crippen molar-refractivity contribution in [1.29, 1.82) is 0 Å². The van der Waals surface area contributed by atoms with Gasteiger partial charge in [-0.1, -0.05) is 152 Å². The minimum atomic E-state index is 1.12. The van der Waals surface area contributed by atoms with Crippen LogP contribution in [-0.2, 0) is 0 Å². The van der Waals surface area contributed by atoms with Crippen molar-refractivity contribution in [1.82, 2.24) is 0 Å². The first-order valence-corrected chi connectivity index (χ1v) is 20.3. The SMILES string of the molecule is c1ccc(-c2ccc3c(sc4ccccc43)c2N(c2ccc(-c3ccc4ccccc4c3)cc2)c2ccc(-c3cccc4sc5ccccc5c34)cc2)cc1. The summed E-state index contributed by atoms with van der Waals surface area (Å²) in [4.78, 5) is 2.48. The molecule has 2 heterocycles. The monoisotopic (exact) mass is 735 g/mol. The molecular formula is C52H33NS2. The summed E-state index contributed by atoms with van der Waals surface area (Å²) in [5, 5.41) is 7.73. The van der Waals surface area contributed by atoms with Crippen molar-refractivity contribution in [2.45, 2.75) is 0 Å². The average molecular weight is 736 g/mol. The third kappa shape index (κ3) is 5.43. The summed E-state index contributed by atoms with van der Waals surface area (Å²) in [5.74, 6) is 0. The first-order chi connectivity index (χ1) is 27.3. The van der Waals surface area contributed by atoms with E-state index in [1.807, 2.05) is 22.7 Å². The predicted molar refractivity (Wildman–Crippen MR) is 241 cm³/mol. The van der Waals surface area contributed by atoms with Gasteiger partial charge in [-0.3, -0.25) is 0 Å². The summed E-state index contributed by atoms with van der Waals surface area (Å²) in [6.45, 7) is 0. The number of nitrogens with zero attached hydrogens (tertiary/aromatic N) is 1. The van der Waals surface area contributed by atoms with Crippen molar-refractivity contribution in [3.05, 3.63) is 200 Å². The number of hydrogen-bond acceptors (Lipinski definition) is 3. The zero-order valence-corrected chi connectivity index (χ0v) is 31.4. The van der Waals surface area contributed by atoms with Crippen LogP contribution in [0, 0.1) is 0 Å². The van der Waals surface area contributed by atoms with Gasteiger partial charge in [0.25, 0.3) is 0 Å². The van der Waals surface area contributed by atoms with E-state index < -0.39 is 0 Å². The zero-order valence-electron chi connectivity index (χ0n) is 29.8. The molecule has 258 valence electrons. The van der Waals surface area contributed by atoms with Crippen LogP contribution in [-0.4, -0.2) is 0 Å². The van der Waals surface area contributed by atoms with Crippen molar-refractivity contribution in [2.75, 3.05) is 4.90 Å². The lowest BCUT2D eigenvalue weighted by Gasteiger charge is -2.29. The Hall–Kier alpha value is -6.52. The molecule has 0 atom stereocenters. The highest BCUT2D eigenvalue weighted by Crippen LogP contribution is 2.50. The lowest BCUT2D eigenvalue weighted by atomic mass is 9.97. The summed E-state index contributed by atoms with van der Waals surface area (Å²) in [6.07, 6.45) is 0. The van der Waals surface area contributed by atoms with Gasteiger partial charge in [-0.15, -0.1) is 22.7 Å². The Bertz CT molecular complexity index is 3190. The molecule has 3 heteroatoms. The fourth-order valence-corrected chi connectivity index (χ4v) is 10.6. The Morgan fingerprint density at radius 2 is 0.927 bits per heavy atom. The van der Waals surface area contributed by atoms with Gasteiger partial charge in [0, 0.05) is 52.6 Å². The van der Waals surface area contributed by atoms with E-state index in [0.717, 1.165) is 11.4 Å². The largest absolute Gasteiger partial charge is 0.308 e. The fourth-order valence-electron chi connectivity index (χ4n) is 8.23. The van der Waals surface area contributed by atoms with E-state index in [9.17, 15) is 0 Å². The summed E-state index contributed by atoms with van der Waals surface area (Å²) in [7, 11) is 0. The van der Waals surface area contributed by atoms with E-state index in [1.54, 1.807) is 0 Å². The molecule has 0 aliphatic heterocycles. The molecule has 0 spiro atoms. The van der Waals surface area contributed by atoms with Gasteiger partial charge in [0.15, 0.2) is 0 Å². The van der Waals surface area contributed by atoms with Gasteiger partial charge in [-0.25, -0.2) is 0 Å². The summed E-state index contributed by atoms with van der Waals surface area (Å²) in [6, 6.07) is 73.4. The second kappa shape index (κ2) is 13.1. The smallest absolute Gasteiger partial charge is 0.0718 e. The number of rotatable bonds is 6. The average Bonchev–Trinajstić information content (AvgIpc) is 3.83. The molecule has 0 saturated heterocycles. The molecule has 0 aliphatic rings. The topological polar surface area (TPSA) is 3.24 Å². The van der Waals surface area contributed by atoms with Gasteiger partial charge in [0.2, 0.25) is 0 Å². The Morgan fingerprint density at radius 1 is 0.327 bits per heavy atom. The molecule has 9 aromatic carbocycles. The molecule has 55 heavy (non-hydrogen) atoms. The van der Waals surface area contributed by atoms with Gasteiger partial charge in [-0.05, 0) is 87.1 Å². The zero-order chi connectivity index (χ0) is 36.3. The van der Waals surface area contributed by atoms with Gasteiger partial charge in [0.05, 0.1) is 10.4 Å². The third-order valence-electron chi connectivity index (χ3n) is 10.9. The molecule has 0 saturated carbocycles. The Balaban J connectivity index is 1.12. The fraction of sp³-hybridized carbons (Fsp3) is 0. The third-order valence-corrected chi connectivity index (χ3v) is 13.2. The van der Waals surface area contributed by atoms with Crippen LogP contribution in [0.1, 0.15) is 0 Å². The van der Waals surface area contributed by atoms with E-state index in [4.69, 9.17) is 0 Å². The van der Waals surface area contributed by atoms with Crippen LogP contribution in [0.5, 0.6) is 0 Å². The summed E-state index contributed by atoms with van der Waals surface area (Å²) >= 11 is 3.75. The Morgan fingerprint density at radius 3 is 1.71 bits per heavy atom. The highest BCUT2D eigenvalue weighted by Gasteiger charge is 2.23. The van der Waals surface area contributed by atoms with Crippen LogP contribution in [0.2, 0.25) is 0 Å². The van der Waals surface area contributed by atoms with Crippen molar-refractivity contribution in [3.63, 3.8) is 0 Å². The second-order valence-electron chi connectivity index (χ2n) is 14.1. The minimum absolute atomic E-state index is 1.12. The molecular weight excluding hydrogens is 703 g/mol. The number of anilines is 3.